The maximum atomic E-state index is 10.6. The quantitative estimate of drug-likeness (QED) is 0.577. The maximum absolute atomic E-state index is 10.6. The number of hydrogen-bond donors (Lipinski definition) is 2. The van der Waals surface area contributed by atoms with Gasteiger partial charge in [0.15, 0.2) is 0 Å². The number of aliphatic hydroxyl groups is 1. The Morgan fingerprint density at radius 2 is 2.09 bits per heavy atom. The van der Waals surface area contributed by atoms with Crippen LogP contribution in [0.25, 0.3) is 11.0 Å². The third-order valence-electron chi connectivity index (χ3n) is 4.64. The van der Waals surface area contributed by atoms with E-state index in [2.05, 4.69) is 4.98 Å². The monoisotopic (exact) mass is 338 g/mol. The molecule has 23 heavy (non-hydrogen) atoms. The second-order valence-corrected chi connectivity index (χ2v) is 8.74. The molecule has 2 fully saturated rings. The van der Waals surface area contributed by atoms with Crippen LogP contribution >= 0.6 is 7.82 Å². The van der Waals surface area contributed by atoms with Crippen molar-refractivity contribution in [1.82, 2.24) is 9.55 Å². The van der Waals surface area contributed by atoms with Gasteiger partial charge in [-0.25, -0.2) is 0 Å². The summed E-state index contributed by atoms with van der Waals surface area (Å²) >= 11 is 0. The average Bonchev–Trinajstić information content (AvgIpc) is 3.01. The molecule has 0 radical (unpaired) electrons. The van der Waals surface area contributed by atoms with Crippen LogP contribution in [0.3, 0.4) is 0 Å². The summed E-state index contributed by atoms with van der Waals surface area (Å²) in [6.07, 6.45) is -0.804. The van der Waals surface area contributed by atoms with E-state index >= 15 is 0 Å². The van der Waals surface area contributed by atoms with Crippen molar-refractivity contribution in [2.24, 2.45) is 0 Å². The van der Waals surface area contributed by atoms with Crippen LogP contribution in [0.4, 0.5) is 0 Å². The van der Waals surface area contributed by atoms with Crippen molar-refractivity contribution >= 4 is 26.4 Å². The molecule has 7 nitrogen and oxygen atoms in total. The fourth-order valence-electron chi connectivity index (χ4n) is 3.24. The van der Waals surface area contributed by atoms with Gasteiger partial charge < -0.3 is 0 Å². The second kappa shape index (κ2) is 5.24. The summed E-state index contributed by atoms with van der Waals surface area (Å²) in [5, 5.41) is 10.6. The van der Waals surface area contributed by atoms with Crippen molar-refractivity contribution in [3.63, 3.8) is 0 Å². The van der Waals surface area contributed by atoms with E-state index in [1.165, 1.54) is 5.56 Å². The SMILES string of the molecule is B[PH]1(O)OC[C@H]2O[C@@H](n3cnc4cc(C)c(C)cc43)C(O)[C@H]2O1. The number of aliphatic hydroxyl groups excluding tert-OH is 1. The first kappa shape index (κ1) is 15.5. The first-order valence-corrected chi connectivity index (χ1v) is 9.93. The van der Waals surface area contributed by atoms with Gasteiger partial charge in [0.25, 0.3) is 0 Å². The Morgan fingerprint density at radius 1 is 1.35 bits per heavy atom. The molecule has 0 amide bonds. The van der Waals surface area contributed by atoms with Crippen LogP contribution < -0.4 is 0 Å². The van der Waals surface area contributed by atoms with E-state index in [9.17, 15) is 10.00 Å². The van der Waals surface area contributed by atoms with E-state index < -0.39 is 32.4 Å². The summed E-state index contributed by atoms with van der Waals surface area (Å²) < 4.78 is 18.6. The van der Waals surface area contributed by atoms with Crippen LogP contribution in [0.5, 0.6) is 0 Å². The molecule has 4 atom stereocenters. The molecule has 9 heteroatoms. The van der Waals surface area contributed by atoms with Crippen LogP contribution in [0.15, 0.2) is 18.5 Å². The molecule has 0 bridgehead atoms. The van der Waals surface area contributed by atoms with Crippen molar-refractivity contribution in [3.8, 4) is 0 Å². The van der Waals surface area contributed by atoms with Gasteiger partial charge in [-0.05, 0) is 0 Å². The topological polar surface area (TPSA) is 86.0 Å². The van der Waals surface area contributed by atoms with E-state index in [4.69, 9.17) is 13.8 Å². The Hall–Kier alpha value is -1.02. The summed E-state index contributed by atoms with van der Waals surface area (Å²) in [5.74, 6) is 0. The molecule has 3 heterocycles. The Morgan fingerprint density at radius 3 is 2.87 bits per heavy atom. The minimum atomic E-state index is -3.17. The zero-order chi connectivity index (χ0) is 16.4. The molecule has 2 N–H and O–H groups in total. The summed E-state index contributed by atoms with van der Waals surface area (Å²) in [4.78, 5) is 14.4. The van der Waals surface area contributed by atoms with Crippen LogP contribution in [-0.2, 0) is 13.8 Å². The molecule has 4 rings (SSSR count). The molecular formula is C14H20BN2O5P. The van der Waals surface area contributed by atoms with Gasteiger partial charge in [-0.15, -0.1) is 0 Å². The van der Waals surface area contributed by atoms with E-state index in [0.29, 0.717) is 0 Å². The van der Waals surface area contributed by atoms with E-state index in [-0.39, 0.29) is 6.61 Å². The number of aryl methyl sites for hydroxylation is 2. The van der Waals surface area contributed by atoms with Crippen molar-refractivity contribution in [2.45, 2.75) is 38.4 Å². The van der Waals surface area contributed by atoms with Crippen LogP contribution in [0.1, 0.15) is 17.4 Å². The summed E-state index contributed by atoms with van der Waals surface area (Å²) in [6, 6.07) is 4.06. The number of ether oxygens (including phenoxy) is 1. The van der Waals surface area contributed by atoms with Crippen LogP contribution in [0.2, 0.25) is 0 Å². The van der Waals surface area contributed by atoms with Gasteiger partial charge in [-0.3, -0.25) is 0 Å². The van der Waals surface area contributed by atoms with E-state index in [1.54, 1.807) is 13.9 Å². The van der Waals surface area contributed by atoms with E-state index in [1.807, 2.05) is 30.5 Å². The van der Waals surface area contributed by atoms with Gasteiger partial charge in [-0.1, -0.05) is 0 Å². The van der Waals surface area contributed by atoms with Gasteiger partial charge in [0.05, 0.1) is 0 Å². The number of nitrogens with zero attached hydrogens (tertiary/aromatic N) is 2. The number of fused-ring (bicyclic) bond motifs is 2. The van der Waals surface area contributed by atoms with Gasteiger partial charge in [0, 0.05) is 0 Å². The van der Waals surface area contributed by atoms with Gasteiger partial charge in [0.1, 0.15) is 0 Å². The molecule has 2 aromatic rings. The Balaban J connectivity index is 1.70. The zero-order valence-corrected chi connectivity index (χ0v) is 14.3. The second-order valence-electron chi connectivity index (χ2n) is 6.42. The molecule has 0 aliphatic carbocycles. The fourth-order valence-corrected chi connectivity index (χ4v) is 4.58. The molecular weight excluding hydrogens is 318 g/mol. The zero-order valence-electron chi connectivity index (χ0n) is 13.3. The number of hydrogen-bond acceptors (Lipinski definition) is 6. The third kappa shape index (κ3) is 2.50. The number of aromatic nitrogens is 2. The predicted molar refractivity (Wildman–Crippen MR) is 89.0 cm³/mol. The van der Waals surface area contributed by atoms with Gasteiger partial charge in [0.2, 0.25) is 0 Å². The van der Waals surface area contributed by atoms with Crippen molar-refractivity contribution < 1.29 is 23.8 Å². The minimum absolute atomic E-state index is 0.224. The summed E-state index contributed by atoms with van der Waals surface area (Å²) in [6.45, 7) is 4.31. The molecule has 0 saturated carbocycles. The average molecular weight is 338 g/mol. The molecule has 1 unspecified atom stereocenters. The molecule has 1 aromatic carbocycles. The predicted octanol–water partition coefficient (Wildman–Crippen LogP) is 0.362. The van der Waals surface area contributed by atoms with Crippen LogP contribution in [-0.4, -0.2) is 52.0 Å². The van der Waals surface area contributed by atoms with Crippen molar-refractivity contribution in [1.29, 1.82) is 0 Å². The van der Waals surface area contributed by atoms with Gasteiger partial charge >= 0.3 is 134 Å². The number of benzene rings is 1. The van der Waals surface area contributed by atoms with E-state index in [0.717, 1.165) is 16.6 Å². The fraction of sp³-hybridized carbons (Fsp3) is 0.500. The molecule has 2 aliphatic rings. The Labute approximate surface area is 135 Å². The molecule has 1 aromatic heterocycles. The third-order valence-corrected chi connectivity index (χ3v) is 6.06. The first-order valence-electron chi connectivity index (χ1n) is 7.67. The molecule has 2 saturated heterocycles. The summed E-state index contributed by atoms with van der Waals surface area (Å²) in [5.41, 5.74) is 4.08. The van der Waals surface area contributed by atoms with Crippen LogP contribution in [0, 0.1) is 13.8 Å². The number of imidazole rings is 1. The molecule has 2 aliphatic heterocycles. The molecule has 124 valence electrons. The van der Waals surface area contributed by atoms with Crippen molar-refractivity contribution in [2.75, 3.05) is 6.61 Å². The first-order chi connectivity index (χ1) is 10.9. The molecule has 0 spiro atoms. The Bertz CT molecular complexity index is 767. The number of rotatable bonds is 1. The Kier molecular flexibility index (Phi) is 3.53. The van der Waals surface area contributed by atoms with Crippen molar-refractivity contribution in [3.05, 3.63) is 29.6 Å². The normalized spacial score (nSPS) is 34.4. The summed E-state index contributed by atoms with van der Waals surface area (Å²) in [7, 11) is -1.62. The van der Waals surface area contributed by atoms with Gasteiger partial charge in [-0.2, -0.15) is 0 Å². The standard InChI is InChI=1S/C14H20BN2O5P/c1-7-3-9-10(4-8(7)2)17(6-16-9)14-12(18)13-11(21-14)5-20-23(15,19)22-13/h3-4,6,11-14,18-19,23H,5,15H2,1-2H3/t11-,12?,13+,14-/m1/s1.